The highest BCUT2D eigenvalue weighted by molar-refractivity contribution is 8.08. The van der Waals surface area contributed by atoms with E-state index in [1.807, 2.05) is 62.4 Å². The lowest BCUT2D eigenvalue weighted by atomic mass is 10.00. The minimum Gasteiger partial charge on any atom is -0.491 e. The highest BCUT2D eigenvalue weighted by atomic mass is 32.2. The number of hydrogen-bond donors (Lipinski definition) is 1. The van der Waals surface area contributed by atoms with E-state index in [-0.39, 0.29) is 11.7 Å². The van der Waals surface area contributed by atoms with Gasteiger partial charge in [-0.1, -0.05) is 43.7 Å². The molecule has 34 heavy (non-hydrogen) atoms. The van der Waals surface area contributed by atoms with Crippen LogP contribution in [0, 0.1) is 0 Å². The summed E-state index contributed by atoms with van der Waals surface area (Å²) in [6.45, 7) is 6.03. The first kappa shape index (κ1) is 24.1. The molecule has 2 unspecified atom stereocenters. The second-order valence-electron chi connectivity index (χ2n) is 8.47. The molecule has 2 aliphatic heterocycles. The first-order valence-corrected chi connectivity index (χ1v) is 12.6. The fraction of sp³-hybridized carbons (Fsp3) is 0.370. The predicted molar refractivity (Wildman–Crippen MR) is 133 cm³/mol. The molecule has 2 atom stereocenters. The summed E-state index contributed by atoms with van der Waals surface area (Å²) >= 11 is 1.53. The first-order chi connectivity index (χ1) is 16.5. The summed E-state index contributed by atoms with van der Waals surface area (Å²) in [6.07, 6.45) is 2.61. The van der Waals surface area contributed by atoms with Crippen LogP contribution in [-0.2, 0) is 20.7 Å². The molecule has 2 heterocycles. The van der Waals surface area contributed by atoms with Crippen LogP contribution in [0.4, 0.5) is 0 Å². The summed E-state index contributed by atoms with van der Waals surface area (Å²) in [5, 5.41) is 10.2. The summed E-state index contributed by atoms with van der Waals surface area (Å²) in [5.41, 5.74) is 1.96. The van der Waals surface area contributed by atoms with Gasteiger partial charge in [-0.3, -0.25) is 0 Å². The van der Waals surface area contributed by atoms with Gasteiger partial charge >= 0.3 is 5.97 Å². The van der Waals surface area contributed by atoms with E-state index in [0.717, 1.165) is 29.7 Å². The number of unbranched alkanes of at least 4 members (excludes halogenated alkanes) is 1. The lowest BCUT2D eigenvalue weighted by Gasteiger charge is -2.29. The van der Waals surface area contributed by atoms with Crippen LogP contribution >= 0.6 is 11.8 Å². The third-order valence-electron chi connectivity index (χ3n) is 5.40. The Balaban J connectivity index is 1.65. The van der Waals surface area contributed by atoms with Crippen LogP contribution in [0.5, 0.6) is 11.5 Å². The zero-order valence-electron chi connectivity index (χ0n) is 19.7. The largest absolute Gasteiger partial charge is 0.491 e. The Morgan fingerprint density at radius 3 is 2.65 bits per heavy atom. The van der Waals surface area contributed by atoms with E-state index in [2.05, 4.69) is 6.92 Å². The van der Waals surface area contributed by atoms with Crippen LogP contribution in [0.3, 0.4) is 0 Å². The molecular weight excluding hydrogens is 452 g/mol. The third kappa shape index (κ3) is 5.53. The lowest BCUT2D eigenvalue weighted by molar-refractivity contribution is -0.133. The summed E-state index contributed by atoms with van der Waals surface area (Å²) < 4.78 is 23.8. The molecule has 0 fully saturated rings. The Bertz CT molecular complexity index is 1080. The topological polar surface area (TPSA) is 74.2 Å². The van der Waals surface area contributed by atoms with Gasteiger partial charge < -0.3 is 24.1 Å². The van der Waals surface area contributed by atoms with Crippen molar-refractivity contribution in [2.45, 2.75) is 58.5 Å². The molecular formula is C27H30O6S. The number of aliphatic carboxylic acids is 1. The number of benzene rings is 2. The van der Waals surface area contributed by atoms with Crippen molar-refractivity contribution in [3.8, 4) is 11.5 Å². The first-order valence-electron chi connectivity index (χ1n) is 11.6. The molecule has 0 saturated heterocycles. The molecule has 0 bridgehead atoms. The number of carboxylic acid groups (broad SMARTS) is 1. The molecule has 0 aliphatic carbocycles. The smallest absolute Gasteiger partial charge is 0.337 e. The van der Waals surface area contributed by atoms with E-state index in [0.29, 0.717) is 28.6 Å². The average molecular weight is 483 g/mol. The van der Waals surface area contributed by atoms with Crippen molar-refractivity contribution in [1.82, 2.24) is 0 Å². The van der Waals surface area contributed by atoms with E-state index < -0.39 is 18.4 Å². The van der Waals surface area contributed by atoms with Crippen LogP contribution < -0.4 is 9.47 Å². The second kappa shape index (κ2) is 10.9. The van der Waals surface area contributed by atoms with Crippen LogP contribution in [0.1, 0.15) is 44.7 Å². The van der Waals surface area contributed by atoms with Crippen molar-refractivity contribution >= 4 is 22.6 Å². The molecule has 0 amide bonds. The van der Waals surface area contributed by atoms with Gasteiger partial charge in [-0.25, -0.2) is 4.79 Å². The van der Waals surface area contributed by atoms with Crippen molar-refractivity contribution in [2.24, 2.45) is 0 Å². The maximum atomic E-state index is 12.5. The number of hydrogen-bond acceptors (Lipinski definition) is 6. The molecule has 6 nitrogen and oxygen atoms in total. The van der Waals surface area contributed by atoms with Crippen molar-refractivity contribution in [3.63, 3.8) is 0 Å². The quantitative estimate of drug-likeness (QED) is 0.415. The van der Waals surface area contributed by atoms with Crippen LogP contribution in [0.25, 0.3) is 4.91 Å². The van der Waals surface area contributed by atoms with Gasteiger partial charge in [-0.05, 0) is 49.8 Å². The van der Waals surface area contributed by atoms with Gasteiger partial charge in [-0.2, -0.15) is 0 Å². The fourth-order valence-electron chi connectivity index (χ4n) is 3.84. The van der Waals surface area contributed by atoms with Crippen LogP contribution in [-0.4, -0.2) is 35.3 Å². The lowest BCUT2D eigenvalue weighted by Crippen LogP contribution is -2.32. The van der Waals surface area contributed by atoms with Crippen LogP contribution in [0.2, 0.25) is 0 Å². The predicted octanol–water partition coefficient (Wildman–Crippen LogP) is 6.02. The maximum absolute atomic E-state index is 12.5. The number of carboxylic acids is 1. The zero-order chi connectivity index (χ0) is 24.1. The van der Waals surface area contributed by atoms with E-state index in [9.17, 15) is 9.90 Å². The Hall–Kier alpha value is -3.06. The van der Waals surface area contributed by atoms with Crippen LogP contribution in [0.15, 0.2) is 66.1 Å². The molecule has 0 spiro atoms. The van der Waals surface area contributed by atoms with Gasteiger partial charge in [0, 0.05) is 16.9 Å². The maximum Gasteiger partial charge on any atom is 0.337 e. The molecule has 0 saturated carbocycles. The number of carbonyl (C=O) groups is 1. The molecule has 0 radical (unpaired) electrons. The standard InChI is InChI=1S/C27H30O6S/c1-4-5-13-34-26-20-15-19(31-17(2)3)11-12-21(20)33-25(24(26)27(28)29)22-16-30-23(32-22)14-18-9-7-6-8-10-18/h6-12,15-17,23,25H,4-5,13-14H2,1-3H3,(H,28,29). The Labute approximate surface area is 204 Å². The number of fused-ring (bicyclic) bond motifs is 1. The Kier molecular flexibility index (Phi) is 7.73. The highest BCUT2D eigenvalue weighted by Crippen LogP contribution is 2.46. The van der Waals surface area contributed by atoms with Gasteiger partial charge in [0.25, 0.3) is 0 Å². The van der Waals surface area contributed by atoms with Crippen molar-refractivity contribution in [3.05, 3.63) is 77.3 Å². The van der Waals surface area contributed by atoms with Gasteiger partial charge in [0.1, 0.15) is 17.8 Å². The Morgan fingerprint density at radius 1 is 1.15 bits per heavy atom. The zero-order valence-corrected chi connectivity index (χ0v) is 20.5. The van der Waals surface area contributed by atoms with E-state index in [1.165, 1.54) is 18.0 Å². The summed E-state index contributed by atoms with van der Waals surface area (Å²) in [5.74, 6) is 1.40. The van der Waals surface area contributed by atoms with Crippen molar-refractivity contribution in [1.29, 1.82) is 0 Å². The minimum atomic E-state index is -1.04. The second-order valence-corrected chi connectivity index (χ2v) is 9.57. The molecule has 2 aromatic carbocycles. The van der Waals surface area contributed by atoms with E-state index >= 15 is 0 Å². The monoisotopic (exact) mass is 482 g/mol. The Morgan fingerprint density at radius 2 is 1.94 bits per heavy atom. The van der Waals surface area contributed by atoms with Crippen molar-refractivity contribution in [2.75, 3.05) is 5.75 Å². The third-order valence-corrected chi connectivity index (χ3v) is 6.62. The molecule has 180 valence electrons. The summed E-state index contributed by atoms with van der Waals surface area (Å²) in [4.78, 5) is 13.2. The average Bonchev–Trinajstić information content (AvgIpc) is 3.27. The van der Waals surface area contributed by atoms with Gasteiger partial charge in [-0.15, -0.1) is 11.8 Å². The summed E-state index contributed by atoms with van der Waals surface area (Å²) in [6, 6.07) is 15.4. The number of thioether (sulfide) groups is 1. The van der Waals surface area contributed by atoms with E-state index in [1.54, 1.807) is 0 Å². The van der Waals surface area contributed by atoms with Gasteiger partial charge in [0.2, 0.25) is 6.29 Å². The highest BCUT2D eigenvalue weighted by Gasteiger charge is 2.40. The molecule has 7 heteroatoms. The molecule has 2 aliphatic rings. The summed E-state index contributed by atoms with van der Waals surface area (Å²) in [7, 11) is 0. The molecule has 4 rings (SSSR count). The van der Waals surface area contributed by atoms with Gasteiger partial charge in [0.15, 0.2) is 11.9 Å². The minimum absolute atomic E-state index is 0.00478. The normalized spacial score (nSPS) is 19.1. The number of ether oxygens (including phenoxy) is 4. The number of rotatable bonds is 10. The molecule has 1 N–H and O–H groups in total. The van der Waals surface area contributed by atoms with E-state index in [4.69, 9.17) is 18.9 Å². The van der Waals surface area contributed by atoms with Gasteiger partial charge in [0.05, 0.1) is 11.7 Å². The van der Waals surface area contributed by atoms with Crippen molar-refractivity contribution < 1.29 is 28.8 Å². The SMILES string of the molecule is CCCCSC1=C(C(=O)O)C(C2=COC(Cc3ccccc3)O2)Oc2ccc(OC(C)C)cc21. The fourth-order valence-corrected chi connectivity index (χ4v) is 5.14. The molecule has 0 aromatic heterocycles. The molecule has 2 aromatic rings.